The smallest absolute Gasteiger partial charge is 0.118 e. The molecule has 0 aliphatic carbocycles. The van der Waals surface area contributed by atoms with Crippen LogP contribution in [0.15, 0.2) is 30.3 Å². The number of aromatic amines is 1. The number of benzene rings is 1. The number of aryl methyl sites for hydroxylation is 1. The van der Waals surface area contributed by atoms with Crippen LogP contribution in [0.2, 0.25) is 0 Å². The van der Waals surface area contributed by atoms with Gasteiger partial charge in [-0.05, 0) is 37.3 Å². The lowest BCUT2D eigenvalue weighted by molar-refractivity contribution is 0.415. The third kappa shape index (κ3) is 2.86. The Morgan fingerprint density at radius 1 is 1.12 bits per heavy atom. The zero-order valence-electron chi connectivity index (χ0n) is 10.2. The minimum atomic E-state index is 0.862. The number of ether oxygens (including phenoxy) is 1. The molecular weight excluding hydrogens is 200 g/mol. The Bertz CT molecular complexity index is 418. The van der Waals surface area contributed by atoms with Gasteiger partial charge in [-0.25, -0.2) is 0 Å². The number of hydrogen-bond donors (Lipinski definition) is 1. The third-order valence-corrected chi connectivity index (χ3v) is 2.09. The Morgan fingerprint density at radius 3 is 2.19 bits per heavy atom. The lowest BCUT2D eigenvalue weighted by Gasteiger charge is -1.99. The van der Waals surface area contributed by atoms with E-state index in [0.29, 0.717) is 0 Å². The quantitative estimate of drug-likeness (QED) is 0.838. The van der Waals surface area contributed by atoms with E-state index >= 15 is 0 Å². The van der Waals surface area contributed by atoms with Crippen molar-refractivity contribution in [2.24, 2.45) is 0 Å². The van der Waals surface area contributed by atoms with Crippen LogP contribution in [0.25, 0.3) is 11.3 Å². The molecule has 0 spiro atoms. The van der Waals surface area contributed by atoms with Crippen molar-refractivity contribution in [2.45, 2.75) is 20.8 Å². The Morgan fingerprint density at radius 2 is 1.75 bits per heavy atom. The number of hydrogen-bond acceptors (Lipinski definition) is 2. The number of nitrogens with zero attached hydrogens (tertiary/aromatic N) is 1. The van der Waals surface area contributed by atoms with Crippen LogP contribution in [0.1, 0.15) is 19.5 Å². The van der Waals surface area contributed by atoms with Gasteiger partial charge in [0.1, 0.15) is 5.75 Å². The van der Waals surface area contributed by atoms with Crippen molar-refractivity contribution in [1.82, 2.24) is 10.2 Å². The zero-order valence-corrected chi connectivity index (χ0v) is 10.2. The van der Waals surface area contributed by atoms with Crippen LogP contribution in [0.5, 0.6) is 5.75 Å². The molecule has 2 rings (SSSR count). The first-order chi connectivity index (χ1) is 7.79. The van der Waals surface area contributed by atoms with E-state index < -0.39 is 0 Å². The molecule has 1 heterocycles. The molecule has 1 aromatic carbocycles. The summed E-state index contributed by atoms with van der Waals surface area (Å²) in [5.41, 5.74) is 3.12. The van der Waals surface area contributed by atoms with E-state index in [1.54, 1.807) is 7.11 Å². The molecule has 0 bridgehead atoms. The van der Waals surface area contributed by atoms with Gasteiger partial charge in [0.05, 0.1) is 12.8 Å². The lowest BCUT2D eigenvalue weighted by atomic mass is 10.1. The van der Waals surface area contributed by atoms with Gasteiger partial charge >= 0.3 is 0 Å². The third-order valence-electron chi connectivity index (χ3n) is 2.09. The van der Waals surface area contributed by atoms with Crippen LogP contribution < -0.4 is 4.74 Å². The van der Waals surface area contributed by atoms with Crippen LogP contribution in [0.4, 0.5) is 0 Å². The molecule has 0 aliphatic rings. The Hall–Kier alpha value is -1.77. The van der Waals surface area contributed by atoms with E-state index in [0.717, 1.165) is 22.7 Å². The van der Waals surface area contributed by atoms with Crippen molar-refractivity contribution in [3.8, 4) is 17.0 Å². The summed E-state index contributed by atoms with van der Waals surface area (Å²) in [6.45, 7) is 5.99. The predicted octanol–water partition coefficient (Wildman–Crippen LogP) is 3.42. The van der Waals surface area contributed by atoms with E-state index in [1.165, 1.54) is 0 Å². The topological polar surface area (TPSA) is 37.9 Å². The SMILES string of the molecule is CC.COc1ccc(-c2cc(C)[nH]n2)cc1. The van der Waals surface area contributed by atoms with Gasteiger partial charge in [0.15, 0.2) is 0 Å². The van der Waals surface area contributed by atoms with E-state index in [-0.39, 0.29) is 0 Å². The monoisotopic (exact) mass is 218 g/mol. The highest BCUT2D eigenvalue weighted by Crippen LogP contribution is 2.20. The molecule has 16 heavy (non-hydrogen) atoms. The molecule has 0 radical (unpaired) electrons. The summed E-state index contributed by atoms with van der Waals surface area (Å²) < 4.78 is 5.08. The molecule has 0 saturated heterocycles. The first-order valence-corrected chi connectivity index (χ1v) is 5.46. The van der Waals surface area contributed by atoms with Gasteiger partial charge in [0, 0.05) is 11.3 Å². The minimum absolute atomic E-state index is 0.862. The second kappa shape index (κ2) is 5.95. The van der Waals surface area contributed by atoms with Crippen LogP contribution >= 0.6 is 0 Å². The number of methoxy groups -OCH3 is 1. The van der Waals surface area contributed by atoms with Gasteiger partial charge in [-0.3, -0.25) is 5.10 Å². The van der Waals surface area contributed by atoms with Gasteiger partial charge in [-0.15, -0.1) is 0 Å². The van der Waals surface area contributed by atoms with Gasteiger partial charge in [0.25, 0.3) is 0 Å². The molecule has 0 saturated carbocycles. The molecular formula is C13H18N2O. The largest absolute Gasteiger partial charge is 0.497 e. The molecule has 86 valence electrons. The maximum atomic E-state index is 5.08. The molecule has 0 aliphatic heterocycles. The van der Waals surface area contributed by atoms with Crippen molar-refractivity contribution in [1.29, 1.82) is 0 Å². The summed E-state index contributed by atoms with van der Waals surface area (Å²) in [7, 11) is 1.66. The normalized spacial score (nSPS) is 9.25. The number of nitrogens with one attached hydrogen (secondary N) is 1. The fourth-order valence-electron chi connectivity index (χ4n) is 1.33. The maximum Gasteiger partial charge on any atom is 0.118 e. The van der Waals surface area contributed by atoms with E-state index in [4.69, 9.17) is 4.74 Å². The van der Waals surface area contributed by atoms with Crippen molar-refractivity contribution in [3.05, 3.63) is 36.0 Å². The first kappa shape index (κ1) is 12.3. The Labute approximate surface area is 96.5 Å². The first-order valence-electron chi connectivity index (χ1n) is 5.46. The van der Waals surface area contributed by atoms with Crippen LogP contribution in [0.3, 0.4) is 0 Å². The number of rotatable bonds is 2. The highest BCUT2D eigenvalue weighted by atomic mass is 16.5. The molecule has 0 atom stereocenters. The number of H-pyrrole nitrogens is 1. The van der Waals surface area contributed by atoms with Crippen molar-refractivity contribution in [3.63, 3.8) is 0 Å². The summed E-state index contributed by atoms with van der Waals surface area (Å²) >= 11 is 0. The summed E-state index contributed by atoms with van der Waals surface area (Å²) in [4.78, 5) is 0. The standard InChI is InChI=1S/C11H12N2O.C2H6/c1-8-7-11(13-12-8)9-3-5-10(14-2)6-4-9;1-2/h3-7H,1-2H3,(H,12,13);1-2H3. The Kier molecular flexibility index (Phi) is 4.58. The van der Waals surface area contributed by atoms with Crippen LogP contribution in [0, 0.1) is 6.92 Å². The highest BCUT2D eigenvalue weighted by Gasteiger charge is 2.01. The average Bonchev–Trinajstić information content (AvgIpc) is 2.79. The minimum Gasteiger partial charge on any atom is -0.497 e. The van der Waals surface area contributed by atoms with Crippen molar-refractivity contribution in [2.75, 3.05) is 7.11 Å². The molecule has 0 fully saturated rings. The second-order valence-electron chi connectivity index (χ2n) is 3.16. The fourth-order valence-corrected chi connectivity index (χ4v) is 1.33. The van der Waals surface area contributed by atoms with Crippen molar-refractivity contribution >= 4 is 0 Å². The molecule has 1 aromatic heterocycles. The van der Waals surface area contributed by atoms with E-state index in [9.17, 15) is 0 Å². The zero-order chi connectivity index (χ0) is 12.0. The number of aromatic nitrogens is 2. The Balaban J connectivity index is 0.000000606. The second-order valence-corrected chi connectivity index (χ2v) is 3.16. The molecule has 2 aromatic rings. The van der Waals surface area contributed by atoms with Crippen molar-refractivity contribution < 1.29 is 4.74 Å². The summed E-state index contributed by atoms with van der Waals surface area (Å²) in [5.74, 6) is 0.862. The van der Waals surface area contributed by atoms with Gasteiger partial charge in [-0.1, -0.05) is 13.8 Å². The maximum absolute atomic E-state index is 5.08. The molecule has 3 heteroatoms. The fraction of sp³-hybridized carbons (Fsp3) is 0.308. The molecule has 3 nitrogen and oxygen atoms in total. The summed E-state index contributed by atoms with van der Waals surface area (Å²) in [6.07, 6.45) is 0. The summed E-state index contributed by atoms with van der Waals surface area (Å²) in [5, 5.41) is 7.09. The molecule has 0 unspecified atom stereocenters. The molecule has 0 amide bonds. The van der Waals surface area contributed by atoms with Crippen LogP contribution in [-0.2, 0) is 0 Å². The highest BCUT2D eigenvalue weighted by molar-refractivity contribution is 5.60. The predicted molar refractivity (Wildman–Crippen MR) is 66.7 cm³/mol. The van der Waals surface area contributed by atoms with Gasteiger partial charge < -0.3 is 4.74 Å². The van der Waals surface area contributed by atoms with E-state index in [1.807, 2.05) is 51.1 Å². The van der Waals surface area contributed by atoms with Gasteiger partial charge in [-0.2, -0.15) is 5.10 Å². The molecule has 1 N–H and O–H groups in total. The van der Waals surface area contributed by atoms with E-state index in [2.05, 4.69) is 10.2 Å². The van der Waals surface area contributed by atoms with Gasteiger partial charge in [0.2, 0.25) is 0 Å². The summed E-state index contributed by atoms with van der Waals surface area (Å²) in [6, 6.07) is 9.86. The van der Waals surface area contributed by atoms with Crippen LogP contribution in [-0.4, -0.2) is 17.3 Å². The lowest BCUT2D eigenvalue weighted by Crippen LogP contribution is -1.82. The average molecular weight is 218 g/mol.